The summed E-state index contributed by atoms with van der Waals surface area (Å²) >= 11 is 0. The van der Waals surface area contributed by atoms with Gasteiger partial charge in [0, 0.05) is 44.3 Å². The van der Waals surface area contributed by atoms with Crippen LogP contribution in [0.4, 0.5) is 17.1 Å². The first-order valence-corrected chi connectivity index (χ1v) is 29.9. The molecule has 0 fully saturated rings. The van der Waals surface area contributed by atoms with Gasteiger partial charge in [0.05, 0.1) is 0 Å². The second kappa shape index (κ2) is 19.5. The Morgan fingerprint density at radius 3 is 0.988 bits per heavy atom. The highest BCUT2D eigenvalue weighted by Crippen LogP contribution is 2.47. The molecule has 8 aromatic carbocycles. The van der Waals surface area contributed by atoms with E-state index in [9.17, 15) is 0 Å². The Balaban J connectivity index is 1.48. The fourth-order valence-electron chi connectivity index (χ4n) is 16.4. The number of nitrogens with zero attached hydrogens (tertiary/aromatic N) is 1. The summed E-state index contributed by atoms with van der Waals surface area (Å²) in [7, 11) is 69.2. The average Bonchev–Trinajstić information content (AvgIpc) is 3.19. The van der Waals surface area contributed by atoms with Crippen LogP contribution in [0, 0.1) is 0 Å². The molecule has 0 aliphatic heterocycles. The number of nitrogens with one attached hydrogen (secondary N) is 1. The van der Waals surface area contributed by atoms with Gasteiger partial charge in [-0.2, -0.15) is 0 Å². The third-order valence-electron chi connectivity index (χ3n) is 23.2. The fourth-order valence-corrected chi connectivity index (χ4v) is 16.4. The summed E-state index contributed by atoms with van der Waals surface area (Å²) in [6, 6.07) is 0. The number of hydrogen-bond acceptors (Lipinski definition) is 1. The van der Waals surface area contributed by atoms with Crippen LogP contribution in [0.1, 0.15) is 25.0 Å². The van der Waals surface area contributed by atoms with Crippen molar-refractivity contribution in [3.8, 4) is 33.4 Å². The lowest BCUT2D eigenvalue weighted by Crippen LogP contribution is -2.57. The summed E-state index contributed by atoms with van der Waals surface area (Å²) in [5.74, 6) is 0. The lowest BCUT2D eigenvalue weighted by Gasteiger charge is -2.40. The van der Waals surface area contributed by atoms with Crippen molar-refractivity contribution in [2.75, 3.05) is 4.90 Å². The Morgan fingerprint density at radius 2 is 0.500 bits per heavy atom. The van der Waals surface area contributed by atoms with E-state index in [1.165, 1.54) is 253 Å². The number of H-pyrrole nitrogens is 1. The maximum absolute atomic E-state index is 4.34. The highest BCUT2D eigenvalue weighted by atomic mass is 15.2. The first-order valence-electron chi connectivity index (χ1n) is 29.9. The topological polar surface area (TPSA) is 19.0 Å². The van der Waals surface area contributed by atoms with Crippen LogP contribution in [-0.2, 0) is 5.41 Å². The van der Waals surface area contributed by atoms with Gasteiger partial charge in [0.1, 0.15) is 228 Å². The molecule has 1 heterocycles. The third kappa shape index (κ3) is 7.47. The van der Waals surface area contributed by atoms with E-state index in [2.05, 4.69) is 251 Å². The summed E-state index contributed by atoms with van der Waals surface area (Å²) in [6.45, 7) is 5.00. The Kier molecular flexibility index (Phi) is 14.3. The molecule has 9 aromatic rings. The van der Waals surface area contributed by atoms with Crippen molar-refractivity contribution < 1.29 is 0 Å². The van der Waals surface area contributed by atoms with Crippen LogP contribution in [0.3, 0.4) is 0 Å². The molecule has 80 heavy (non-hydrogen) atoms. The van der Waals surface area contributed by atoms with E-state index in [4.69, 9.17) is 0 Å². The predicted octanol–water partition coefficient (Wildman–Crippen LogP) is -36.9. The minimum atomic E-state index is -0.171. The molecule has 0 bridgehead atoms. The van der Waals surface area contributed by atoms with Gasteiger partial charge in [-0.15, -0.1) is 54.6 Å². The van der Waals surface area contributed by atoms with E-state index in [0.29, 0.717) is 0 Å². The van der Waals surface area contributed by atoms with Gasteiger partial charge in [-0.3, -0.25) is 0 Å². The van der Waals surface area contributed by atoms with Gasteiger partial charge in [0.15, 0.2) is 0 Å². The molecule has 0 saturated heterocycles. The van der Waals surface area contributed by atoms with Crippen molar-refractivity contribution in [2.24, 2.45) is 0 Å². The lowest BCUT2D eigenvalue weighted by molar-refractivity contribution is 0.670. The molecule has 31 heteroatoms. The molecule has 0 saturated carbocycles. The molecule has 10 rings (SSSR count). The van der Waals surface area contributed by atoms with Gasteiger partial charge in [-0.1, -0.05) is 112 Å². The van der Waals surface area contributed by atoms with Crippen LogP contribution in [0.15, 0.2) is 0 Å². The Morgan fingerprint density at radius 1 is 0.212 bits per heavy atom. The molecule has 2 nitrogen and oxygen atoms in total. The summed E-state index contributed by atoms with van der Waals surface area (Å²) in [4.78, 5) is 7.18. The molecule has 1 N–H and O–H groups in total. The molecule has 0 unspecified atom stereocenters. The van der Waals surface area contributed by atoms with Crippen LogP contribution < -0.4 is 163 Å². The average molecular weight is 996 g/mol. The van der Waals surface area contributed by atoms with Gasteiger partial charge in [0.25, 0.3) is 0 Å². The molecule has 0 spiro atoms. The minimum absolute atomic E-state index is 0.171. The molecule has 358 valence electrons. The first kappa shape index (κ1) is 58.7. The van der Waals surface area contributed by atoms with Crippen LogP contribution in [-0.4, -0.2) is 233 Å². The Labute approximate surface area is 505 Å². The van der Waals surface area contributed by atoms with Gasteiger partial charge < -0.3 is 9.88 Å². The smallest absolute Gasteiger partial charge is 0.144 e. The van der Waals surface area contributed by atoms with E-state index >= 15 is 0 Å². The summed E-state index contributed by atoms with van der Waals surface area (Å²) in [6.07, 6.45) is 0. The lowest BCUT2D eigenvalue weighted by atomic mass is 9.57. The Hall–Kier alpha value is -4.50. The maximum Gasteiger partial charge on any atom is 0.144 e. The van der Waals surface area contributed by atoms with Crippen molar-refractivity contribution in [3.63, 3.8) is 0 Å². The summed E-state index contributed by atoms with van der Waals surface area (Å²) in [5, 5.41) is 5.51. The number of fused-ring (bicyclic) bond motifs is 8. The number of anilines is 3. The fraction of sp³-hybridized carbons (Fsp3) is 0.0612. The number of rotatable bonds is 5. The third-order valence-corrected chi connectivity index (χ3v) is 23.2. The summed E-state index contributed by atoms with van der Waals surface area (Å²) in [5.41, 5.74) is 57.5. The zero-order chi connectivity index (χ0) is 59.3. The molecule has 0 amide bonds. The molecular formula is C49H65B29N2. The van der Waals surface area contributed by atoms with Gasteiger partial charge in [-0.25, -0.2) is 0 Å². The minimum Gasteiger partial charge on any atom is -0.355 e. The van der Waals surface area contributed by atoms with Crippen molar-refractivity contribution >= 4 is 436 Å². The van der Waals surface area contributed by atoms with Gasteiger partial charge in [-0.05, 0) is 60.7 Å². The van der Waals surface area contributed by atoms with E-state index in [1.807, 2.05) is 0 Å². The molecule has 1 aromatic heterocycles. The van der Waals surface area contributed by atoms with E-state index in [0.717, 1.165) is 0 Å². The van der Waals surface area contributed by atoms with Crippen molar-refractivity contribution in [1.29, 1.82) is 0 Å². The van der Waals surface area contributed by atoms with Crippen molar-refractivity contribution in [2.45, 2.75) is 19.3 Å². The van der Waals surface area contributed by atoms with E-state index < -0.39 is 0 Å². The normalized spacial score (nSPS) is 12.7. The SMILES string of the molecule is Bc1c(B)c(B)c(-c2c(B)c(B)c(B)c(B)c2N(c2c(B)c(B)c3c(c2B)-c2c(B)c(B)c(B)c(B)c2C3(C)C)c2c(B)c(B)c3c([nH]c4c(B)c(B)c5c(B)c(B)c(B)c(-c6c(B)c(B)c(B)c(B)c6B)c5c43)c2B)c(B)c1B. The predicted molar refractivity (Wildman–Crippen MR) is 454 cm³/mol. The van der Waals surface area contributed by atoms with E-state index in [-0.39, 0.29) is 5.41 Å². The van der Waals surface area contributed by atoms with Crippen LogP contribution >= 0.6 is 0 Å². The molecular weight excluding hydrogens is 930 g/mol. The molecule has 0 radical (unpaired) electrons. The van der Waals surface area contributed by atoms with Crippen molar-refractivity contribution in [1.82, 2.24) is 4.98 Å². The van der Waals surface area contributed by atoms with Crippen LogP contribution in [0.5, 0.6) is 0 Å². The zero-order valence-corrected chi connectivity index (χ0v) is 55.4. The van der Waals surface area contributed by atoms with Gasteiger partial charge >= 0.3 is 0 Å². The highest BCUT2D eigenvalue weighted by Gasteiger charge is 2.43. The molecule has 1 aliphatic carbocycles. The molecule has 1 aliphatic rings. The van der Waals surface area contributed by atoms with Crippen LogP contribution in [0.25, 0.3) is 66.0 Å². The maximum atomic E-state index is 4.34. The largest absolute Gasteiger partial charge is 0.355 e. The standard InChI is InChI=1S/C49H65B29N2/c1-49(2)13-6(16(51)29(64)35(70)26(13)61)7-14(49)27(62)41(76)47(25(7)60)80(46-12(24(59)34(69)38(73)42(46)77)10-20(55)32(67)37(72)33(68)21(10)56)48-40(75)23(58)11-5-3-4(9-18(53)30(65)36(71)31(66)19(9)54)15(50)28(63)17(52)8(3)22(57)39(74)44(5)79-45(11)43(48)78/h79H,50-78H2,1-2H3. The zero-order valence-electron chi connectivity index (χ0n) is 55.4. The van der Waals surface area contributed by atoms with Crippen molar-refractivity contribution in [3.05, 3.63) is 11.1 Å². The second-order valence-electron chi connectivity index (χ2n) is 26.5. The van der Waals surface area contributed by atoms with Crippen LogP contribution in [0.2, 0.25) is 0 Å². The number of aromatic amines is 1. The summed E-state index contributed by atoms with van der Waals surface area (Å²) < 4.78 is 0. The highest BCUT2D eigenvalue weighted by molar-refractivity contribution is 6.76. The number of aromatic nitrogens is 1. The quantitative estimate of drug-likeness (QED) is 0.170. The first-order chi connectivity index (χ1) is 37.1. The molecule has 0 atom stereocenters. The second-order valence-corrected chi connectivity index (χ2v) is 26.5. The number of benzene rings is 8. The Bertz CT molecular complexity index is 4390. The van der Waals surface area contributed by atoms with E-state index in [1.54, 1.807) is 0 Å². The van der Waals surface area contributed by atoms with Gasteiger partial charge in [0.2, 0.25) is 0 Å². The monoisotopic (exact) mass is 1000 g/mol. The number of hydrogen-bond donors (Lipinski definition) is 1.